The van der Waals surface area contributed by atoms with Gasteiger partial charge in [-0.25, -0.2) is 4.79 Å². The lowest BCUT2D eigenvalue weighted by molar-refractivity contribution is -0.113. The van der Waals surface area contributed by atoms with Gasteiger partial charge >= 0.3 is 6.09 Å². The fourth-order valence-corrected chi connectivity index (χ4v) is 3.82. The molecule has 1 aromatic carbocycles. The monoisotopic (exact) mass is 437 g/mol. The molecule has 0 fully saturated rings. The summed E-state index contributed by atoms with van der Waals surface area (Å²) in [5.41, 5.74) is 1.19. The van der Waals surface area contributed by atoms with Crippen LogP contribution in [0.3, 0.4) is 0 Å². The summed E-state index contributed by atoms with van der Waals surface area (Å²) in [5.74, 6) is -0.117. The molecule has 0 saturated carbocycles. The highest BCUT2D eigenvalue weighted by Crippen LogP contribution is 2.25. The predicted molar refractivity (Wildman–Crippen MR) is 114 cm³/mol. The average Bonchev–Trinajstić information content (AvgIpc) is 3.15. The lowest BCUT2D eigenvalue weighted by Gasteiger charge is -2.18. The van der Waals surface area contributed by atoms with E-state index in [-0.39, 0.29) is 24.2 Å². The molecule has 0 unspecified atom stereocenters. The normalized spacial score (nSPS) is 10.3. The van der Waals surface area contributed by atoms with Gasteiger partial charge in [0.15, 0.2) is 4.34 Å². The maximum Gasteiger partial charge on any atom is 0.413 e. The van der Waals surface area contributed by atoms with Gasteiger partial charge in [-0.2, -0.15) is 0 Å². The highest BCUT2D eigenvalue weighted by molar-refractivity contribution is 8.01. The van der Waals surface area contributed by atoms with E-state index in [0.29, 0.717) is 33.8 Å². The first-order chi connectivity index (χ1) is 14.0. The number of amides is 3. The molecule has 1 aromatic heterocycles. The molecule has 2 rings (SSSR count). The SMILES string of the molecule is CCOC(=O)Nc1nnc(SCC(=O)Nc2ccc(C(=O)N(CC)CC)cc2)s1. The van der Waals surface area contributed by atoms with Gasteiger partial charge in [0.05, 0.1) is 12.4 Å². The zero-order chi connectivity index (χ0) is 21.2. The van der Waals surface area contributed by atoms with Crippen LogP contribution in [0.5, 0.6) is 0 Å². The first-order valence-electron chi connectivity index (χ1n) is 9.06. The van der Waals surface area contributed by atoms with Crippen LogP contribution in [0, 0.1) is 0 Å². The minimum absolute atomic E-state index is 0.0352. The third-order valence-corrected chi connectivity index (χ3v) is 5.66. The van der Waals surface area contributed by atoms with E-state index in [1.165, 1.54) is 11.8 Å². The molecule has 0 bridgehead atoms. The average molecular weight is 438 g/mol. The Morgan fingerprint density at radius 2 is 1.76 bits per heavy atom. The van der Waals surface area contributed by atoms with Gasteiger partial charge < -0.3 is 15.0 Å². The van der Waals surface area contributed by atoms with Crippen LogP contribution in [0.25, 0.3) is 0 Å². The fraction of sp³-hybridized carbons (Fsp3) is 0.389. The van der Waals surface area contributed by atoms with Crippen molar-refractivity contribution in [3.8, 4) is 0 Å². The summed E-state index contributed by atoms with van der Waals surface area (Å²) in [7, 11) is 0. The van der Waals surface area contributed by atoms with Crippen molar-refractivity contribution in [2.45, 2.75) is 25.1 Å². The highest BCUT2D eigenvalue weighted by atomic mass is 32.2. The zero-order valence-corrected chi connectivity index (χ0v) is 18.1. The smallest absolute Gasteiger partial charge is 0.413 e. The summed E-state index contributed by atoms with van der Waals surface area (Å²) in [4.78, 5) is 37.5. The second kappa shape index (κ2) is 11.4. The number of nitrogens with zero attached hydrogens (tertiary/aromatic N) is 3. The quantitative estimate of drug-likeness (QED) is 0.457. The molecule has 2 aromatic rings. The Labute approximate surface area is 177 Å². The van der Waals surface area contributed by atoms with Gasteiger partial charge in [0.2, 0.25) is 11.0 Å². The highest BCUT2D eigenvalue weighted by Gasteiger charge is 2.13. The fourth-order valence-electron chi connectivity index (χ4n) is 2.29. The molecule has 0 saturated heterocycles. The van der Waals surface area contributed by atoms with Gasteiger partial charge in [0, 0.05) is 24.3 Å². The molecule has 0 aliphatic heterocycles. The summed E-state index contributed by atoms with van der Waals surface area (Å²) < 4.78 is 5.31. The summed E-state index contributed by atoms with van der Waals surface area (Å²) >= 11 is 2.36. The summed E-state index contributed by atoms with van der Waals surface area (Å²) in [6.07, 6.45) is -0.596. The topological polar surface area (TPSA) is 114 Å². The second-order valence-electron chi connectivity index (χ2n) is 5.61. The summed E-state index contributed by atoms with van der Waals surface area (Å²) in [6, 6.07) is 6.79. The first kappa shape index (κ1) is 22.6. The molecule has 3 amide bonds. The molecule has 29 heavy (non-hydrogen) atoms. The Morgan fingerprint density at radius 1 is 1.07 bits per heavy atom. The maximum atomic E-state index is 12.3. The Kier molecular flexibility index (Phi) is 8.87. The standard InChI is InChI=1S/C18H23N5O4S2/c1-4-23(5-2)15(25)12-7-9-13(10-8-12)19-14(24)11-28-18-22-21-16(29-18)20-17(26)27-6-3/h7-10H,4-6,11H2,1-3H3,(H,19,24)(H,20,21,26). The molecular formula is C18H23N5O4S2. The molecule has 0 radical (unpaired) electrons. The van der Waals surface area contributed by atoms with E-state index < -0.39 is 6.09 Å². The number of ether oxygens (including phenoxy) is 1. The first-order valence-corrected chi connectivity index (χ1v) is 10.9. The molecule has 0 aliphatic rings. The van der Waals surface area contributed by atoms with Crippen LogP contribution in [0.15, 0.2) is 28.6 Å². The van der Waals surface area contributed by atoms with Crippen molar-refractivity contribution in [2.24, 2.45) is 0 Å². The van der Waals surface area contributed by atoms with E-state index in [4.69, 9.17) is 4.74 Å². The molecular weight excluding hydrogens is 414 g/mol. The van der Waals surface area contributed by atoms with Crippen LogP contribution < -0.4 is 10.6 Å². The van der Waals surface area contributed by atoms with Crippen LogP contribution in [0.4, 0.5) is 15.6 Å². The molecule has 2 N–H and O–H groups in total. The number of benzene rings is 1. The molecule has 9 nitrogen and oxygen atoms in total. The molecule has 11 heteroatoms. The number of rotatable bonds is 9. The van der Waals surface area contributed by atoms with E-state index in [0.717, 1.165) is 11.3 Å². The Hall–Kier alpha value is -2.66. The summed E-state index contributed by atoms with van der Waals surface area (Å²) in [6.45, 7) is 7.12. The van der Waals surface area contributed by atoms with Crippen molar-refractivity contribution in [3.05, 3.63) is 29.8 Å². The Morgan fingerprint density at radius 3 is 2.38 bits per heavy atom. The summed E-state index contributed by atoms with van der Waals surface area (Å²) in [5, 5.41) is 13.3. The maximum absolute atomic E-state index is 12.3. The van der Waals surface area contributed by atoms with Gasteiger partial charge in [-0.1, -0.05) is 23.1 Å². The van der Waals surface area contributed by atoms with Crippen LogP contribution in [0.2, 0.25) is 0 Å². The van der Waals surface area contributed by atoms with Crippen molar-refractivity contribution in [3.63, 3.8) is 0 Å². The van der Waals surface area contributed by atoms with E-state index in [9.17, 15) is 14.4 Å². The van der Waals surface area contributed by atoms with E-state index in [1.807, 2.05) is 13.8 Å². The number of carbonyl (C=O) groups excluding carboxylic acids is 3. The Balaban J connectivity index is 1.83. The van der Waals surface area contributed by atoms with Crippen molar-refractivity contribution < 1.29 is 19.1 Å². The number of anilines is 2. The van der Waals surface area contributed by atoms with Crippen molar-refractivity contribution in [1.82, 2.24) is 15.1 Å². The van der Waals surface area contributed by atoms with Gasteiger partial charge in [0.1, 0.15) is 0 Å². The Bertz CT molecular complexity index is 837. The molecule has 0 atom stereocenters. The third kappa shape index (κ3) is 7.02. The number of hydrogen-bond donors (Lipinski definition) is 2. The minimum atomic E-state index is -0.596. The van der Waals surface area contributed by atoms with Crippen LogP contribution in [-0.4, -0.2) is 58.5 Å². The number of aromatic nitrogens is 2. The van der Waals surface area contributed by atoms with Crippen molar-refractivity contribution in [2.75, 3.05) is 36.1 Å². The van der Waals surface area contributed by atoms with Gasteiger partial charge in [-0.3, -0.25) is 14.9 Å². The van der Waals surface area contributed by atoms with Crippen LogP contribution in [-0.2, 0) is 9.53 Å². The van der Waals surface area contributed by atoms with E-state index in [1.54, 1.807) is 36.1 Å². The number of thioether (sulfide) groups is 1. The lowest BCUT2D eigenvalue weighted by atomic mass is 10.2. The van der Waals surface area contributed by atoms with E-state index >= 15 is 0 Å². The van der Waals surface area contributed by atoms with Gasteiger partial charge in [-0.05, 0) is 45.0 Å². The molecule has 0 spiro atoms. The molecule has 1 heterocycles. The zero-order valence-electron chi connectivity index (χ0n) is 16.4. The van der Waals surface area contributed by atoms with Gasteiger partial charge in [-0.15, -0.1) is 10.2 Å². The molecule has 0 aliphatic carbocycles. The largest absolute Gasteiger partial charge is 0.450 e. The van der Waals surface area contributed by atoms with Crippen molar-refractivity contribution >= 4 is 51.8 Å². The van der Waals surface area contributed by atoms with Crippen LogP contribution >= 0.6 is 23.1 Å². The second-order valence-corrected chi connectivity index (χ2v) is 7.81. The number of nitrogens with one attached hydrogen (secondary N) is 2. The van der Waals surface area contributed by atoms with Crippen molar-refractivity contribution in [1.29, 1.82) is 0 Å². The number of hydrogen-bond acceptors (Lipinski definition) is 8. The lowest BCUT2D eigenvalue weighted by Crippen LogP contribution is -2.30. The third-order valence-electron chi connectivity index (χ3n) is 3.68. The molecule has 156 valence electrons. The number of carbonyl (C=O) groups is 3. The minimum Gasteiger partial charge on any atom is -0.450 e. The van der Waals surface area contributed by atoms with Crippen LogP contribution in [0.1, 0.15) is 31.1 Å². The van der Waals surface area contributed by atoms with Gasteiger partial charge in [0.25, 0.3) is 5.91 Å². The predicted octanol–water partition coefficient (Wildman–Crippen LogP) is 3.32. The van der Waals surface area contributed by atoms with E-state index in [2.05, 4.69) is 20.8 Å².